The number of carboxylic acid groups (broad SMARTS) is 1. The number of carboxylic acids is 1. The molecular formula is C13H19NO4. The lowest BCUT2D eigenvalue weighted by Crippen LogP contribution is -2.09. The van der Waals surface area contributed by atoms with Gasteiger partial charge in [-0.15, -0.1) is 0 Å². The number of oxazole rings is 1. The normalized spacial score (nSPS) is 23.8. The molecule has 1 aliphatic rings. The lowest BCUT2D eigenvalue weighted by molar-refractivity contribution is 0.0654. The zero-order chi connectivity index (χ0) is 13.3. The molecule has 1 aromatic heterocycles. The second-order valence-electron chi connectivity index (χ2n) is 5.20. The number of ether oxygens (including phenoxy) is 1. The van der Waals surface area contributed by atoms with Crippen molar-refractivity contribution in [3.8, 4) is 0 Å². The van der Waals surface area contributed by atoms with Crippen LogP contribution in [0.4, 0.5) is 0 Å². The molecule has 0 bridgehead atoms. The molecule has 2 rings (SSSR count). The fourth-order valence-corrected chi connectivity index (χ4v) is 2.28. The first-order chi connectivity index (χ1) is 8.49. The van der Waals surface area contributed by atoms with Crippen LogP contribution in [0.3, 0.4) is 0 Å². The predicted octanol–water partition coefficient (Wildman–Crippen LogP) is 2.46. The average molecular weight is 253 g/mol. The van der Waals surface area contributed by atoms with Gasteiger partial charge in [-0.25, -0.2) is 9.78 Å². The Bertz CT molecular complexity index is 438. The first-order valence-corrected chi connectivity index (χ1v) is 6.33. The zero-order valence-electron chi connectivity index (χ0n) is 11.0. The molecule has 0 aromatic carbocycles. The highest BCUT2D eigenvalue weighted by atomic mass is 16.5. The van der Waals surface area contributed by atoms with Gasteiger partial charge < -0.3 is 14.3 Å². The highest BCUT2D eigenvalue weighted by Gasteiger charge is 2.32. The third-order valence-electron chi connectivity index (χ3n) is 3.20. The molecule has 18 heavy (non-hydrogen) atoms. The molecule has 1 saturated heterocycles. The Hall–Kier alpha value is -1.36. The maximum atomic E-state index is 11.1. The minimum absolute atomic E-state index is 0.0159. The fourth-order valence-electron chi connectivity index (χ4n) is 2.28. The van der Waals surface area contributed by atoms with Crippen molar-refractivity contribution in [2.75, 3.05) is 6.61 Å². The quantitative estimate of drug-likeness (QED) is 0.892. The number of hydrogen-bond donors (Lipinski definition) is 1. The summed E-state index contributed by atoms with van der Waals surface area (Å²) in [4.78, 5) is 15.5. The second-order valence-corrected chi connectivity index (χ2v) is 5.20. The molecular weight excluding hydrogens is 234 g/mol. The van der Waals surface area contributed by atoms with Crippen molar-refractivity contribution in [2.45, 2.75) is 45.6 Å². The van der Waals surface area contributed by atoms with Crippen LogP contribution in [0.15, 0.2) is 4.42 Å². The molecule has 2 atom stereocenters. The molecule has 5 heteroatoms. The van der Waals surface area contributed by atoms with E-state index in [-0.39, 0.29) is 17.8 Å². The second kappa shape index (κ2) is 5.10. The molecule has 0 aliphatic carbocycles. The maximum absolute atomic E-state index is 11.1. The van der Waals surface area contributed by atoms with Crippen LogP contribution < -0.4 is 0 Å². The molecule has 2 heterocycles. The van der Waals surface area contributed by atoms with E-state index in [1.807, 2.05) is 20.8 Å². The van der Waals surface area contributed by atoms with Gasteiger partial charge in [0.2, 0.25) is 11.7 Å². The van der Waals surface area contributed by atoms with Gasteiger partial charge in [-0.2, -0.15) is 0 Å². The van der Waals surface area contributed by atoms with Crippen LogP contribution in [-0.2, 0) is 11.2 Å². The largest absolute Gasteiger partial charge is 0.475 e. The topological polar surface area (TPSA) is 72.6 Å². The number of nitrogens with zero attached hydrogens (tertiary/aromatic N) is 1. The van der Waals surface area contributed by atoms with Crippen LogP contribution in [-0.4, -0.2) is 28.8 Å². The van der Waals surface area contributed by atoms with Gasteiger partial charge in [0.05, 0.1) is 17.7 Å². The van der Waals surface area contributed by atoms with E-state index >= 15 is 0 Å². The van der Waals surface area contributed by atoms with E-state index in [0.717, 1.165) is 6.42 Å². The molecule has 0 radical (unpaired) electrons. The molecule has 100 valence electrons. The van der Waals surface area contributed by atoms with Crippen molar-refractivity contribution >= 4 is 5.97 Å². The lowest BCUT2D eigenvalue weighted by atomic mass is 10.0. The van der Waals surface area contributed by atoms with E-state index < -0.39 is 5.97 Å². The zero-order valence-corrected chi connectivity index (χ0v) is 11.0. The van der Waals surface area contributed by atoms with Gasteiger partial charge in [-0.1, -0.05) is 13.8 Å². The van der Waals surface area contributed by atoms with Gasteiger partial charge in [-0.05, 0) is 25.7 Å². The molecule has 1 N–H and O–H groups in total. The van der Waals surface area contributed by atoms with Crippen molar-refractivity contribution < 1.29 is 19.1 Å². The summed E-state index contributed by atoms with van der Waals surface area (Å²) < 4.78 is 10.9. The van der Waals surface area contributed by atoms with Gasteiger partial charge in [0.1, 0.15) is 0 Å². The van der Waals surface area contributed by atoms with Crippen molar-refractivity contribution in [1.29, 1.82) is 0 Å². The van der Waals surface area contributed by atoms with Crippen LogP contribution >= 0.6 is 0 Å². The first-order valence-electron chi connectivity index (χ1n) is 6.33. The number of rotatable bonds is 4. The van der Waals surface area contributed by atoms with Crippen LogP contribution in [0, 0.1) is 5.92 Å². The molecule has 0 saturated carbocycles. The molecule has 5 nitrogen and oxygen atoms in total. The number of aromatic carboxylic acids is 1. The Balaban J connectivity index is 2.29. The monoisotopic (exact) mass is 253 g/mol. The molecule has 1 fully saturated rings. The summed E-state index contributed by atoms with van der Waals surface area (Å²) in [6.07, 6.45) is 1.49. The Labute approximate surface area is 106 Å². The number of carbonyl (C=O) groups is 1. The van der Waals surface area contributed by atoms with E-state index in [2.05, 4.69) is 4.98 Å². The SMILES string of the molecule is CC(C)Cc1nc(C2CCOC2C)oc1C(=O)O. The van der Waals surface area contributed by atoms with Crippen molar-refractivity contribution in [2.24, 2.45) is 5.92 Å². The minimum atomic E-state index is -1.05. The van der Waals surface area contributed by atoms with E-state index in [0.29, 0.717) is 30.5 Å². The van der Waals surface area contributed by atoms with E-state index in [4.69, 9.17) is 14.3 Å². The summed E-state index contributed by atoms with van der Waals surface area (Å²) in [6, 6.07) is 0. The Morgan fingerprint density at radius 3 is 2.78 bits per heavy atom. The highest BCUT2D eigenvalue weighted by molar-refractivity contribution is 5.85. The Morgan fingerprint density at radius 1 is 1.56 bits per heavy atom. The van der Waals surface area contributed by atoms with Crippen LogP contribution in [0.5, 0.6) is 0 Å². The first kappa shape index (κ1) is 13.1. The summed E-state index contributed by atoms with van der Waals surface area (Å²) in [5.74, 6) is -0.135. The maximum Gasteiger partial charge on any atom is 0.373 e. The van der Waals surface area contributed by atoms with E-state index in [9.17, 15) is 4.79 Å². The molecule has 0 spiro atoms. The minimum Gasteiger partial charge on any atom is -0.475 e. The number of hydrogen-bond acceptors (Lipinski definition) is 4. The Morgan fingerprint density at radius 2 is 2.28 bits per heavy atom. The van der Waals surface area contributed by atoms with E-state index in [1.165, 1.54) is 0 Å². The van der Waals surface area contributed by atoms with Gasteiger partial charge in [-0.3, -0.25) is 0 Å². The number of aromatic nitrogens is 1. The average Bonchev–Trinajstić information content (AvgIpc) is 2.83. The lowest BCUT2D eigenvalue weighted by Gasteiger charge is -2.08. The highest BCUT2D eigenvalue weighted by Crippen LogP contribution is 2.32. The summed E-state index contributed by atoms with van der Waals surface area (Å²) in [5, 5.41) is 9.14. The van der Waals surface area contributed by atoms with Crippen molar-refractivity contribution in [3.63, 3.8) is 0 Å². The third kappa shape index (κ3) is 2.56. The molecule has 0 amide bonds. The molecule has 1 aliphatic heterocycles. The van der Waals surface area contributed by atoms with Gasteiger partial charge >= 0.3 is 5.97 Å². The third-order valence-corrected chi connectivity index (χ3v) is 3.20. The van der Waals surface area contributed by atoms with Crippen LogP contribution in [0.1, 0.15) is 55.2 Å². The molecule has 1 aromatic rings. The summed E-state index contributed by atoms with van der Waals surface area (Å²) in [5.41, 5.74) is 0.548. The predicted molar refractivity (Wildman–Crippen MR) is 64.8 cm³/mol. The van der Waals surface area contributed by atoms with Gasteiger partial charge in [0.25, 0.3) is 0 Å². The van der Waals surface area contributed by atoms with Crippen molar-refractivity contribution in [1.82, 2.24) is 4.98 Å². The molecule has 2 unspecified atom stereocenters. The van der Waals surface area contributed by atoms with Crippen molar-refractivity contribution in [3.05, 3.63) is 17.3 Å². The van der Waals surface area contributed by atoms with Crippen LogP contribution in [0.25, 0.3) is 0 Å². The smallest absolute Gasteiger partial charge is 0.373 e. The van der Waals surface area contributed by atoms with Crippen LogP contribution in [0.2, 0.25) is 0 Å². The van der Waals surface area contributed by atoms with Gasteiger partial charge in [0.15, 0.2) is 0 Å². The summed E-state index contributed by atoms with van der Waals surface area (Å²) in [7, 11) is 0. The summed E-state index contributed by atoms with van der Waals surface area (Å²) >= 11 is 0. The van der Waals surface area contributed by atoms with Gasteiger partial charge in [0, 0.05) is 6.61 Å². The summed E-state index contributed by atoms with van der Waals surface area (Å²) in [6.45, 7) is 6.70. The van der Waals surface area contributed by atoms with E-state index in [1.54, 1.807) is 0 Å². The Kier molecular flexibility index (Phi) is 3.71. The standard InChI is InChI=1S/C13H19NO4/c1-7(2)6-10-11(13(15)16)18-12(14-10)9-4-5-17-8(9)3/h7-9H,4-6H2,1-3H3,(H,15,16). The fraction of sp³-hybridized carbons (Fsp3) is 0.692.